The van der Waals surface area contributed by atoms with Crippen molar-refractivity contribution in [1.82, 2.24) is 0 Å². The van der Waals surface area contributed by atoms with Crippen molar-refractivity contribution in [2.75, 3.05) is 41.3 Å². The molecule has 0 amide bonds. The van der Waals surface area contributed by atoms with E-state index in [-0.39, 0.29) is 0 Å². The van der Waals surface area contributed by atoms with Gasteiger partial charge in [-0.2, -0.15) is 0 Å². The maximum atomic E-state index is 2.46. The van der Waals surface area contributed by atoms with Crippen LogP contribution in [0.5, 0.6) is 0 Å². The number of nitrogens with zero attached hydrogens (tertiary/aromatic N) is 2. The van der Waals surface area contributed by atoms with Gasteiger partial charge in [0.15, 0.2) is 0 Å². The van der Waals surface area contributed by atoms with E-state index in [4.69, 9.17) is 0 Å². The molecule has 0 rings (SSSR count). The fraction of sp³-hybridized carbons (Fsp3) is 1.00. The fourth-order valence-electron chi connectivity index (χ4n) is 5.16. The van der Waals surface area contributed by atoms with E-state index in [1.165, 1.54) is 118 Å². The summed E-state index contributed by atoms with van der Waals surface area (Å²) < 4.78 is 2.36. The minimum atomic E-state index is 0.744. The van der Waals surface area contributed by atoms with Crippen LogP contribution in [0.25, 0.3) is 0 Å². The second-order valence-electron chi connectivity index (χ2n) is 10.2. The SMILES string of the molecule is CCCCCCCCCCCCCCC([N+](C)(C)CCC)[N+](C)(C)CCC. The highest BCUT2D eigenvalue weighted by Gasteiger charge is 2.39. The molecule has 0 fully saturated rings. The molecule has 164 valence electrons. The van der Waals surface area contributed by atoms with Crippen molar-refractivity contribution >= 4 is 0 Å². The quantitative estimate of drug-likeness (QED) is 0.124. The van der Waals surface area contributed by atoms with Crippen LogP contribution < -0.4 is 0 Å². The molecule has 0 saturated heterocycles. The van der Waals surface area contributed by atoms with Gasteiger partial charge in [-0.25, -0.2) is 0 Å². The highest BCUT2D eigenvalue weighted by molar-refractivity contribution is 4.53. The molecule has 2 nitrogen and oxygen atoms in total. The lowest BCUT2D eigenvalue weighted by Gasteiger charge is -2.47. The molecule has 0 heterocycles. The Balaban J connectivity index is 4.00. The van der Waals surface area contributed by atoms with Gasteiger partial charge in [0.1, 0.15) is 0 Å². The summed E-state index contributed by atoms with van der Waals surface area (Å²) in [6, 6.07) is 0. The van der Waals surface area contributed by atoms with E-state index in [9.17, 15) is 0 Å². The average Bonchev–Trinajstić information content (AvgIpc) is 2.58. The highest BCUT2D eigenvalue weighted by atomic mass is 15.5. The van der Waals surface area contributed by atoms with Gasteiger partial charge in [0.2, 0.25) is 6.17 Å². The number of unbranched alkanes of at least 4 members (excludes halogenated alkanes) is 11. The van der Waals surface area contributed by atoms with Gasteiger partial charge in [-0.15, -0.1) is 0 Å². The fourth-order valence-corrected chi connectivity index (χ4v) is 5.16. The first-order valence-corrected chi connectivity index (χ1v) is 12.5. The molecular formula is C25H56N2+2. The standard InChI is InChI=1S/C25H56N2/c1-8-11-12-13-14-15-16-17-18-19-20-21-22-25(26(4,5)23-9-2)27(6,7)24-10-3/h25H,8-24H2,1-7H3/q+2. The zero-order valence-corrected chi connectivity index (χ0v) is 20.5. The van der Waals surface area contributed by atoms with E-state index in [2.05, 4.69) is 49.0 Å². The second kappa shape index (κ2) is 15.8. The van der Waals surface area contributed by atoms with Crippen molar-refractivity contribution in [2.24, 2.45) is 0 Å². The molecule has 0 aliphatic carbocycles. The summed E-state index contributed by atoms with van der Waals surface area (Å²) in [6.07, 6.45) is 22.0. The number of quaternary nitrogens is 2. The largest absolute Gasteiger partial charge is 0.280 e. The maximum absolute atomic E-state index is 2.46. The molecule has 2 heteroatoms. The van der Waals surface area contributed by atoms with Crippen LogP contribution in [0.15, 0.2) is 0 Å². The lowest BCUT2D eigenvalue weighted by Crippen LogP contribution is -2.64. The molecule has 0 atom stereocenters. The molecule has 0 aliphatic rings. The van der Waals surface area contributed by atoms with Crippen LogP contribution in [0.3, 0.4) is 0 Å². The predicted octanol–water partition coefficient (Wildman–Crippen LogP) is 7.38. The Morgan fingerprint density at radius 2 is 0.778 bits per heavy atom. The summed E-state index contributed by atoms with van der Waals surface area (Å²) in [5.41, 5.74) is 0. The van der Waals surface area contributed by atoms with Crippen LogP contribution in [0.2, 0.25) is 0 Å². The van der Waals surface area contributed by atoms with Crippen LogP contribution in [0.4, 0.5) is 0 Å². The zero-order chi connectivity index (χ0) is 20.6. The average molecular weight is 385 g/mol. The molecule has 0 aromatic rings. The molecule has 0 saturated carbocycles. The molecule has 0 unspecified atom stereocenters. The highest BCUT2D eigenvalue weighted by Crippen LogP contribution is 2.24. The van der Waals surface area contributed by atoms with E-state index in [1.807, 2.05) is 0 Å². The number of rotatable bonds is 19. The molecule has 0 bridgehead atoms. The molecule has 0 aromatic carbocycles. The Bertz CT molecular complexity index is 304. The molecule has 0 aromatic heterocycles. The van der Waals surface area contributed by atoms with Gasteiger partial charge >= 0.3 is 0 Å². The van der Waals surface area contributed by atoms with Crippen molar-refractivity contribution < 1.29 is 8.97 Å². The van der Waals surface area contributed by atoms with E-state index in [0.717, 1.165) is 6.17 Å². The summed E-state index contributed by atoms with van der Waals surface area (Å²) in [5.74, 6) is 0. The Hall–Kier alpha value is -0.0800. The lowest BCUT2D eigenvalue weighted by atomic mass is 10.0. The van der Waals surface area contributed by atoms with Gasteiger partial charge in [-0.1, -0.05) is 91.4 Å². The van der Waals surface area contributed by atoms with Gasteiger partial charge in [0.25, 0.3) is 0 Å². The van der Waals surface area contributed by atoms with Crippen molar-refractivity contribution in [3.05, 3.63) is 0 Å². The first-order chi connectivity index (χ1) is 12.8. The second-order valence-corrected chi connectivity index (χ2v) is 10.2. The van der Waals surface area contributed by atoms with E-state index in [0.29, 0.717) is 0 Å². The Kier molecular flexibility index (Phi) is 15.8. The molecule has 0 radical (unpaired) electrons. The Morgan fingerprint density at radius 1 is 0.444 bits per heavy atom. The smallest absolute Gasteiger partial charge is 0.215 e. The number of hydrogen-bond acceptors (Lipinski definition) is 0. The van der Waals surface area contributed by atoms with E-state index in [1.54, 1.807) is 0 Å². The van der Waals surface area contributed by atoms with Crippen LogP contribution in [-0.4, -0.2) is 56.4 Å². The summed E-state index contributed by atoms with van der Waals surface area (Å²) in [5, 5.41) is 0. The maximum Gasteiger partial charge on any atom is 0.215 e. The zero-order valence-electron chi connectivity index (χ0n) is 20.5. The first-order valence-electron chi connectivity index (χ1n) is 12.5. The Morgan fingerprint density at radius 3 is 1.11 bits per heavy atom. The summed E-state index contributed by atoms with van der Waals surface area (Å²) in [7, 11) is 9.85. The monoisotopic (exact) mass is 384 g/mol. The first kappa shape index (κ1) is 26.9. The van der Waals surface area contributed by atoms with Gasteiger partial charge in [0.05, 0.1) is 47.7 Å². The van der Waals surface area contributed by atoms with Crippen LogP contribution >= 0.6 is 0 Å². The number of hydrogen-bond donors (Lipinski definition) is 0. The molecule has 0 N–H and O–H groups in total. The normalized spacial score (nSPS) is 12.9. The molecule has 0 spiro atoms. The van der Waals surface area contributed by atoms with Crippen LogP contribution in [0, 0.1) is 0 Å². The minimum Gasteiger partial charge on any atom is -0.280 e. The van der Waals surface area contributed by atoms with Crippen molar-refractivity contribution in [1.29, 1.82) is 0 Å². The minimum absolute atomic E-state index is 0.744. The van der Waals surface area contributed by atoms with E-state index >= 15 is 0 Å². The third-order valence-electron chi connectivity index (χ3n) is 6.53. The topological polar surface area (TPSA) is 0 Å². The van der Waals surface area contributed by atoms with Gasteiger partial charge in [-0.3, -0.25) is 8.97 Å². The lowest BCUT2D eigenvalue weighted by molar-refractivity contribution is -1.10. The van der Waals surface area contributed by atoms with Gasteiger partial charge in [-0.05, 0) is 19.3 Å². The van der Waals surface area contributed by atoms with Gasteiger partial charge in [0, 0.05) is 0 Å². The summed E-state index contributed by atoms with van der Waals surface area (Å²) in [4.78, 5) is 0. The van der Waals surface area contributed by atoms with Crippen LogP contribution in [0.1, 0.15) is 117 Å². The summed E-state index contributed by atoms with van der Waals surface area (Å²) in [6.45, 7) is 9.57. The Labute approximate surface area is 173 Å². The van der Waals surface area contributed by atoms with Crippen molar-refractivity contribution in [3.8, 4) is 0 Å². The molecule has 0 aliphatic heterocycles. The van der Waals surface area contributed by atoms with Crippen molar-refractivity contribution in [3.63, 3.8) is 0 Å². The summed E-state index contributed by atoms with van der Waals surface area (Å²) >= 11 is 0. The third-order valence-corrected chi connectivity index (χ3v) is 6.53. The molecular weight excluding hydrogens is 328 g/mol. The van der Waals surface area contributed by atoms with Gasteiger partial charge < -0.3 is 0 Å². The third kappa shape index (κ3) is 12.9. The van der Waals surface area contributed by atoms with Crippen LogP contribution in [-0.2, 0) is 0 Å². The molecule has 27 heavy (non-hydrogen) atoms. The van der Waals surface area contributed by atoms with E-state index < -0.39 is 0 Å². The predicted molar refractivity (Wildman–Crippen MR) is 124 cm³/mol. The van der Waals surface area contributed by atoms with Crippen molar-refractivity contribution in [2.45, 2.75) is 123 Å².